The maximum absolute atomic E-state index is 12.4. The minimum atomic E-state index is -0.859. The van der Waals surface area contributed by atoms with Gasteiger partial charge in [-0.3, -0.25) is 9.59 Å². The van der Waals surface area contributed by atoms with Crippen molar-refractivity contribution in [2.24, 2.45) is 0 Å². The molecule has 0 rings (SSSR count). The van der Waals surface area contributed by atoms with Gasteiger partial charge >= 0.3 is 5.97 Å². The average Bonchev–Trinajstić information content (AvgIpc) is 3.28. The number of esters is 1. The molecule has 0 spiro atoms. The fourth-order valence-electron chi connectivity index (χ4n) is 8.09. The zero-order valence-electron chi connectivity index (χ0n) is 41.8. The molecule has 0 fully saturated rings. The number of amides is 1. The summed E-state index contributed by atoms with van der Waals surface area (Å²) >= 11 is 0. The molecule has 0 heterocycles. The fraction of sp³-hybridized carbons (Fsp3) is 0.825. The zero-order chi connectivity index (χ0) is 45.8. The summed E-state index contributed by atoms with van der Waals surface area (Å²) in [6.45, 7) is 4.83. The second-order valence-corrected chi connectivity index (χ2v) is 18.6. The largest absolute Gasteiger partial charge is 0.466 e. The summed E-state index contributed by atoms with van der Waals surface area (Å²) in [5.74, 6) is -0.118. The van der Waals surface area contributed by atoms with E-state index in [1.807, 2.05) is 6.08 Å². The number of unbranched alkanes of at least 4 members (excludes halogenated alkanes) is 34. The van der Waals surface area contributed by atoms with Crippen LogP contribution in [-0.4, -0.2) is 47.4 Å². The Labute approximate surface area is 391 Å². The summed E-state index contributed by atoms with van der Waals surface area (Å²) in [6, 6.07) is -0.644. The van der Waals surface area contributed by atoms with Crippen LogP contribution in [-0.2, 0) is 14.3 Å². The van der Waals surface area contributed by atoms with Crippen molar-refractivity contribution >= 4 is 11.9 Å². The third kappa shape index (κ3) is 49.1. The zero-order valence-corrected chi connectivity index (χ0v) is 41.8. The molecular weight excluding hydrogens is 779 g/mol. The maximum atomic E-state index is 12.4. The normalized spacial score (nSPS) is 13.0. The molecule has 63 heavy (non-hydrogen) atoms. The lowest BCUT2D eigenvalue weighted by molar-refractivity contribution is -0.143. The first-order valence-corrected chi connectivity index (χ1v) is 27.4. The minimum Gasteiger partial charge on any atom is -0.466 e. The van der Waals surface area contributed by atoms with Crippen molar-refractivity contribution in [1.82, 2.24) is 5.32 Å². The molecule has 2 unspecified atom stereocenters. The Morgan fingerprint density at radius 3 is 1.22 bits per heavy atom. The first-order chi connectivity index (χ1) is 31.0. The first kappa shape index (κ1) is 60.8. The van der Waals surface area contributed by atoms with E-state index in [2.05, 4.69) is 55.6 Å². The van der Waals surface area contributed by atoms with E-state index in [0.717, 1.165) is 77.0 Å². The highest BCUT2D eigenvalue weighted by atomic mass is 16.5. The number of rotatable bonds is 50. The summed E-state index contributed by atoms with van der Waals surface area (Å²) in [5, 5.41) is 23.0. The lowest BCUT2D eigenvalue weighted by Crippen LogP contribution is -2.45. The van der Waals surface area contributed by atoms with Crippen LogP contribution in [0, 0.1) is 0 Å². The standard InChI is InChI=1S/C57H105NO5/c1-3-5-7-9-11-13-15-17-18-19-20-23-27-31-35-39-43-47-51-57(62)63-52-48-44-40-36-32-28-24-21-22-26-30-34-38-42-46-50-56(61)58-54(53-59)55(60)49-45-41-37-33-29-25-16-14-12-10-8-6-4-2/h18-19,21,24,28,32,45,49,54-55,59-60H,3-17,20,22-23,25-27,29-31,33-44,46-48,50-53H2,1-2H3,(H,58,61)/b19-18-,24-21-,32-28-,49-45+. The predicted octanol–water partition coefficient (Wildman–Crippen LogP) is 16.6. The van der Waals surface area contributed by atoms with Gasteiger partial charge in [0.2, 0.25) is 5.91 Å². The van der Waals surface area contributed by atoms with Crippen molar-refractivity contribution < 1.29 is 24.5 Å². The summed E-state index contributed by atoms with van der Waals surface area (Å²) in [4.78, 5) is 24.5. The van der Waals surface area contributed by atoms with Crippen LogP contribution < -0.4 is 5.32 Å². The molecule has 0 aromatic rings. The molecule has 6 heteroatoms. The Balaban J connectivity index is 3.54. The minimum absolute atomic E-state index is 0.0265. The van der Waals surface area contributed by atoms with Crippen LogP contribution in [0.4, 0.5) is 0 Å². The van der Waals surface area contributed by atoms with Gasteiger partial charge in [-0.2, -0.15) is 0 Å². The van der Waals surface area contributed by atoms with Crippen LogP contribution in [0.1, 0.15) is 277 Å². The van der Waals surface area contributed by atoms with E-state index in [1.165, 1.54) is 173 Å². The highest BCUT2D eigenvalue weighted by molar-refractivity contribution is 5.76. The molecule has 2 atom stereocenters. The second kappa shape index (κ2) is 52.4. The van der Waals surface area contributed by atoms with Crippen LogP contribution >= 0.6 is 0 Å². The van der Waals surface area contributed by atoms with Gasteiger partial charge < -0.3 is 20.3 Å². The number of carbonyl (C=O) groups is 2. The lowest BCUT2D eigenvalue weighted by atomic mass is 10.0. The van der Waals surface area contributed by atoms with Crippen LogP contribution in [0.5, 0.6) is 0 Å². The number of nitrogens with one attached hydrogen (secondary N) is 1. The van der Waals surface area contributed by atoms with Gasteiger partial charge in [-0.25, -0.2) is 0 Å². The van der Waals surface area contributed by atoms with E-state index in [1.54, 1.807) is 6.08 Å². The van der Waals surface area contributed by atoms with Gasteiger partial charge in [0, 0.05) is 12.8 Å². The van der Waals surface area contributed by atoms with Crippen LogP contribution in [0.15, 0.2) is 48.6 Å². The Bertz CT molecular complexity index is 1070. The Hall–Kier alpha value is -2.18. The third-order valence-electron chi connectivity index (χ3n) is 12.3. The van der Waals surface area contributed by atoms with Crippen LogP contribution in [0.25, 0.3) is 0 Å². The number of hydrogen-bond acceptors (Lipinski definition) is 5. The van der Waals surface area contributed by atoms with Gasteiger partial charge in [-0.1, -0.05) is 223 Å². The number of aliphatic hydroxyl groups excluding tert-OH is 2. The topological polar surface area (TPSA) is 95.9 Å². The molecule has 0 aromatic heterocycles. The molecule has 1 amide bonds. The van der Waals surface area contributed by atoms with Crippen LogP contribution in [0.2, 0.25) is 0 Å². The van der Waals surface area contributed by atoms with E-state index in [9.17, 15) is 19.8 Å². The molecule has 0 aliphatic heterocycles. The summed E-state index contributed by atoms with van der Waals surface area (Å²) in [7, 11) is 0. The quantitative estimate of drug-likeness (QED) is 0.0245. The van der Waals surface area contributed by atoms with Crippen LogP contribution in [0.3, 0.4) is 0 Å². The van der Waals surface area contributed by atoms with Gasteiger partial charge in [0.25, 0.3) is 0 Å². The van der Waals surface area contributed by atoms with Crippen molar-refractivity contribution in [3.8, 4) is 0 Å². The number of aliphatic hydroxyl groups is 2. The summed E-state index contributed by atoms with van der Waals surface area (Å²) in [5.41, 5.74) is 0. The van der Waals surface area contributed by atoms with Crippen molar-refractivity contribution in [2.75, 3.05) is 13.2 Å². The lowest BCUT2D eigenvalue weighted by Gasteiger charge is -2.20. The maximum Gasteiger partial charge on any atom is 0.305 e. The molecule has 0 saturated carbocycles. The third-order valence-corrected chi connectivity index (χ3v) is 12.3. The Morgan fingerprint density at radius 2 is 0.794 bits per heavy atom. The number of allylic oxidation sites excluding steroid dienone is 7. The SMILES string of the molecule is CCCCCCCCC/C=C\CCCCCCCCCC(=O)OCCCCC/C=C\C=C/CCCCCCCCC(=O)NC(CO)C(O)/C=C/CCCCCCCCCCCCC. The van der Waals surface area contributed by atoms with E-state index in [0.29, 0.717) is 19.4 Å². The van der Waals surface area contributed by atoms with Gasteiger partial charge in [0.1, 0.15) is 0 Å². The van der Waals surface area contributed by atoms with Gasteiger partial charge in [-0.15, -0.1) is 0 Å². The monoisotopic (exact) mass is 884 g/mol. The van der Waals surface area contributed by atoms with Crippen molar-refractivity contribution in [2.45, 2.75) is 289 Å². The van der Waals surface area contributed by atoms with E-state index in [4.69, 9.17) is 4.74 Å². The van der Waals surface area contributed by atoms with Crippen molar-refractivity contribution in [1.29, 1.82) is 0 Å². The second-order valence-electron chi connectivity index (χ2n) is 18.6. The highest BCUT2D eigenvalue weighted by Gasteiger charge is 2.18. The number of hydrogen-bond donors (Lipinski definition) is 3. The first-order valence-electron chi connectivity index (χ1n) is 27.4. The molecule has 0 aromatic carbocycles. The van der Waals surface area contributed by atoms with E-state index >= 15 is 0 Å². The molecule has 3 N–H and O–H groups in total. The Morgan fingerprint density at radius 1 is 0.444 bits per heavy atom. The Kier molecular flexibility index (Phi) is 50.6. The highest BCUT2D eigenvalue weighted by Crippen LogP contribution is 2.15. The van der Waals surface area contributed by atoms with E-state index < -0.39 is 12.1 Å². The van der Waals surface area contributed by atoms with E-state index in [-0.39, 0.29) is 18.5 Å². The van der Waals surface area contributed by atoms with Gasteiger partial charge in [0.05, 0.1) is 25.4 Å². The van der Waals surface area contributed by atoms with Gasteiger partial charge in [0.15, 0.2) is 0 Å². The number of ether oxygens (including phenoxy) is 1. The molecule has 368 valence electrons. The molecule has 0 bridgehead atoms. The number of carbonyl (C=O) groups excluding carboxylic acids is 2. The average molecular weight is 884 g/mol. The summed E-state index contributed by atoms with van der Waals surface area (Å²) in [6.07, 6.45) is 65.5. The van der Waals surface area contributed by atoms with Crippen molar-refractivity contribution in [3.05, 3.63) is 48.6 Å². The molecule has 0 saturated heterocycles. The molecular formula is C57H105NO5. The molecule has 6 nitrogen and oxygen atoms in total. The van der Waals surface area contributed by atoms with Crippen molar-refractivity contribution in [3.63, 3.8) is 0 Å². The fourth-order valence-corrected chi connectivity index (χ4v) is 8.09. The molecule has 0 aliphatic carbocycles. The van der Waals surface area contributed by atoms with Gasteiger partial charge in [-0.05, 0) is 89.9 Å². The summed E-state index contributed by atoms with van der Waals surface area (Å²) < 4.78 is 5.45. The molecule has 0 radical (unpaired) electrons. The molecule has 0 aliphatic rings. The smallest absolute Gasteiger partial charge is 0.305 e. The predicted molar refractivity (Wildman–Crippen MR) is 273 cm³/mol.